The Balaban J connectivity index is 1.94. The molecule has 2 rings (SSSR count). The molecule has 2 unspecified atom stereocenters. The van der Waals surface area contributed by atoms with Crippen molar-refractivity contribution in [3.8, 4) is 5.75 Å². The molecule has 0 aromatic heterocycles. The SMILES string of the molecule is CC(C)CC(CO)NC(=O)C1COc2ccccc2C1. The average molecular weight is 277 g/mol. The average Bonchev–Trinajstić information content (AvgIpc) is 2.45. The molecule has 2 N–H and O–H groups in total. The highest BCUT2D eigenvalue weighted by Crippen LogP contribution is 2.26. The Bertz CT molecular complexity index is 459. The first-order chi connectivity index (χ1) is 9.60. The summed E-state index contributed by atoms with van der Waals surface area (Å²) in [6.45, 7) is 4.54. The predicted molar refractivity (Wildman–Crippen MR) is 77.6 cm³/mol. The van der Waals surface area contributed by atoms with Gasteiger partial charge in [0.2, 0.25) is 5.91 Å². The summed E-state index contributed by atoms with van der Waals surface area (Å²) in [5.41, 5.74) is 1.07. The van der Waals surface area contributed by atoms with Crippen LogP contribution >= 0.6 is 0 Å². The number of fused-ring (bicyclic) bond motifs is 1. The van der Waals surface area contributed by atoms with Gasteiger partial charge in [0.1, 0.15) is 12.4 Å². The van der Waals surface area contributed by atoms with Crippen LogP contribution in [0.2, 0.25) is 0 Å². The maximum Gasteiger partial charge on any atom is 0.227 e. The number of amides is 1. The van der Waals surface area contributed by atoms with Gasteiger partial charge in [-0.1, -0.05) is 32.0 Å². The number of nitrogens with one attached hydrogen (secondary N) is 1. The van der Waals surface area contributed by atoms with Gasteiger partial charge in [-0.3, -0.25) is 4.79 Å². The van der Waals surface area contributed by atoms with E-state index < -0.39 is 0 Å². The van der Waals surface area contributed by atoms with Crippen molar-refractivity contribution in [2.75, 3.05) is 13.2 Å². The van der Waals surface area contributed by atoms with Crippen LogP contribution < -0.4 is 10.1 Å². The Morgan fingerprint density at radius 1 is 1.45 bits per heavy atom. The van der Waals surface area contributed by atoms with Crippen LogP contribution in [0.25, 0.3) is 0 Å². The van der Waals surface area contributed by atoms with E-state index in [0.717, 1.165) is 17.7 Å². The summed E-state index contributed by atoms with van der Waals surface area (Å²) in [7, 11) is 0. The molecule has 4 nitrogen and oxygen atoms in total. The van der Waals surface area contributed by atoms with Gasteiger partial charge < -0.3 is 15.2 Å². The lowest BCUT2D eigenvalue weighted by molar-refractivity contribution is -0.127. The van der Waals surface area contributed by atoms with E-state index in [2.05, 4.69) is 19.2 Å². The first-order valence-corrected chi connectivity index (χ1v) is 7.22. The molecule has 0 aliphatic carbocycles. The molecule has 0 radical (unpaired) electrons. The third-order valence-corrected chi connectivity index (χ3v) is 3.57. The van der Waals surface area contributed by atoms with Crippen molar-refractivity contribution in [2.45, 2.75) is 32.7 Å². The third kappa shape index (κ3) is 3.73. The van der Waals surface area contributed by atoms with Gasteiger partial charge in [0.15, 0.2) is 0 Å². The monoisotopic (exact) mass is 277 g/mol. The number of aliphatic hydroxyl groups is 1. The van der Waals surface area contributed by atoms with Crippen LogP contribution in [0.1, 0.15) is 25.8 Å². The second-order valence-corrected chi connectivity index (χ2v) is 5.84. The van der Waals surface area contributed by atoms with Gasteiger partial charge in [-0.05, 0) is 30.4 Å². The Hall–Kier alpha value is -1.55. The largest absolute Gasteiger partial charge is 0.492 e. The van der Waals surface area contributed by atoms with Gasteiger partial charge in [0.05, 0.1) is 18.6 Å². The minimum atomic E-state index is -0.175. The highest BCUT2D eigenvalue weighted by atomic mass is 16.5. The first kappa shape index (κ1) is 14.9. The van der Waals surface area contributed by atoms with Crippen molar-refractivity contribution >= 4 is 5.91 Å². The van der Waals surface area contributed by atoms with Crippen LogP contribution in [-0.4, -0.2) is 30.3 Å². The summed E-state index contributed by atoms with van der Waals surface area (Å²) in [4.78, 5) is 12.3. The molecule has 1 amide bonds. The van der Waals surface area contributed by atoms with Crippen molar-refractivity contribution in [3.63, 3.8) is 0 Å². The van der Waals surface area contributed by atoms with E-state index in [9.17, 15) is 9.90 Å². The van der Waals surface area contributed by atoms with Crippen LogP contribution in [-0.2, 0) is 11.2 Å². The van der Waals surface area contributed by atoms with E-state index in [-0.39, 0.29) is 24.5 Å². The zero-order chi connectivity index (χ0) is 14.5. The lowest BCUT2D eigenvalue weighted by Crippen LogP contribution is -2.44. The van der Waals surface area contributed by atoms with Crippen molar-refractivity contribution < 1.29 is 14.6 Å². The van der Waals surface area contributed by atoms with E-state index in [1.807, 2.05) is 24.3 Å². The highest BCUT2D eigenvalue weighted by Gasteiger charge is 2.27. The second-order valence-electron chi connectivity index (χ2n) is 5.84. The minimum Gasteiger partial charge on any atom is -0.492 e. The van der Waals surface area contributed by atoms with Gasteiger partial charge in [0, 0.05) is 0 Å². The predicted octanol–water partition coefficient (Wildman–Crippen LogP) is 1.76. The molecule has 1 aromatic rings. The van der Waals surface area contributed by atoms with Crippen LogP contribution in [0, 0.1) is 11.8 Å². The molecule has 1 aromatic carbocycles. The molecule has 1 heterocycles. The molecule has 2 atom stereocenters. The molecule has 1 aliphatic heterocycles. The molecule has 0 fully saturated rings. The Morgan fingerprint density at radius 3 is 2.90 bits per heavy atom. The number of rotatable bonds is 5. The maximum absolute atomic E-state index is 12.3. The van der Waals surface area contributed by atoms with Crippen molar-refractivity contribution in [2.24, 2.45) is 11.8 Å². The van der Waals surface area contributed by atoms with Crippen molar-refractivity contribution in [1.82, 2.24) is 5.32 Å². The van der Waals surface area contributed by atoms with E-state index in [0.29, 0.717) is 18.9 Å². The fourth-order valence-corrected chi connectivity index (χ4v) is 2.56. The molecule has 0 saturated carbocycles. The smallest absolute Gasteiger partial charge is 0.227 e. The molecule has 20 heavy (non-hydrogen) atoms. The number of aliphatic hydroxyl groups excluding tert-OH is 1. The Morgan fingerprint density at radius 2 is 2.20 bits per heavy atom. The number of hydrogen-bond acceptors (Lipinski definition) is 3. The maximum atomic E-state index is 12.3. The van der Waals surface area contributed by atoms with Crippen LogP contribution in [0.15, 0.2) is 24.3 Å². The van der Waals surface area contributed by atoms with Gasteiger partial charge in [0.25, 0.3) is 0 Å². The van der Waals surface area contributed by atoms with E-state index >= 15 is 0 Å². The number of carbonyl (C=O) groups is 1. The zero-order valence-electron chi connectivity index (χ0n) is 12.1. The number of ether oxygens (including phenoxy) is 1. The van der Waals surface area contributed by atoms with Gasteiger partial charge in [-0.2, -0.15) is 0 Å². The number of carbonyl (C=O) groups excluding carboxylic acids is 1. The van der Waals surface area contributed by atoms with E-state index in [1.165, 1.54) is 0 Å². The summed E-state index contributed by atoms with van der Waals surface area (Å²) in [5.74, 6) is 1.11. The number of hydrogen-bond donors (Lipinski definition) is 2. The molecule has 110 valence electrons. The third-order valence-electron chi connectivity index (χ3n) is 3.57. The Labute approximate surface area is 120 Å². The summed E-state index contributed by atoms with van der Waals surface area (Å²) in [6.07, 6.45) is 1.48. The van der Waals surface area contributed by atoms with E-state index in [4.69, 9.17) is 4.74 Å². The topological polar surface area (TPSA) is 58.6 Å². The number of para-hydroxylation sites is 1. The van der Waals surface area contributed by atoms with Crippen LogP contribution in [0.5, 0.6) is 5.75 Å². The normalized spacial score (nSPS) is 19.1. The Kier molecular flexibility index (Phi) is 5.01. The van der Waals surface area contributed by atoms with Gasteiger partial charge in [-0.15, -0.1) is 0 Å². The van der Waals surface area contributed by atoms with Crippen LogP contribution in [0.4, 0.5) is 0 Å². The minimum absolute atomic E-state index is 0.0198. The lowest BCUT2D eigenvalue weighted by atomic mass is 9.95. The molecule has 1 aliphatic rings. The molecular formula is C16H23NO3. The van der Waals surface area contributed by atoms with Crippen LogP contribution in [0.3, 0.4) is 0 Å². The number of benzene rings is 1. The molecule has 0 spiro atoms. The van der Waals surface area contributed by atoms with Gasteiger partial charge >= 0.3 is 0 Å². The second kappa shape index (κ2) is 6.75. The zero-order valence-corrected chi connectivity index (χ0v) is 12.1. The lowest BCUT2D eigenvalue weighted by Gasteiger charge is -2.26. The van der Waals surface area contributed by atoms with Crippen molar-refractivity contribution in [3.05, 3.63) is 29.8 Å². The quantitative estimate of drug-likeness (QED) is 0.862. The fraction of sp³-hybridized carbons (Fsp3) is 0.562. The highest BCUT2D eigenvalue weighted by molar-refractivity contribution is 5.79. The standard InChI is InChI=1S/C16H23NO3/c1-11(2)7-14(9-18)17-16(19)13-8-12-5-3-4-6-15(12)20-10-13/h3-6,11,13-14,18H,7-10H2,1-2H3,(H,17,19). The summed E-state index contributed by atoms with van der Waals surface area (Å²) < 4.78 is 5.63. The summed E-state index contributed by atoms with van der Waals surface area (Å²) in [6, 6.07) is 7.65. The molecule has 4 heteroatoms. The summed E-state index contributed by atoms with van der Waals surface area (Å²) in [5, 5.41) is 12.3. The van der Waals surface area contributed by atoms with E-state index in [1.54, 1.807) is 0 Å². The molecule has 0 saturated heterocycles. The molecular weight excluding hydrogens is 254 g/mol. The fourth-order valence-electron chi connectivity index (χ4n) is 2.56. The van der Waals surface area contributed by atoms with Gasteiger partial charge in [-0.25, -0.2) is 0 Å². The molecule has 0 bridgehead atoms. The first-order valence-electron chi connectivity index (χ1n) is 7.22. The van der Waals surface area contributed by atoms with Crippen molar-refractivity contribution in [1.29, 1.82) is 0 Å². The summed E-state index contributed by atoms with van der Waals surface area (Å²) >= 11 is 0.